The van der Waals surface area contributed by atoms with Gasteiger partial charge in [-0.25, -0.2) is 0 Å². The van der Waals surface area contributed by atoms with Gasteiger partial charge in [-0.2, -0.15) is 10.4 Å². The van der Waals surface area contributed by atoms with Gasteiger partial charge in [-0.05, 0) is 36.3 Å². The molecule has 3 heterocycles. The summed E-state index contributed by atoms with van der Waals surface area (Å²) < 4.78 is 6.92. The van der Waals surface area contributed by atoms with Crippen LogP contribution in [-0.2, 0) is 13.0 Å². The Labute approximate surface area is 160 Å². The summed E-state index contributed by atoms with van der Waals surface area (Å²) in [6.07, 6.45) is 5.49. The number of hydrogen-bond donors (Lipinski definition) is 1. The van der Waals surface area contributed by atoms with Gasteiger partial charge >= 0.3 is 0 Å². The van der Waals surface area contributed by atoms with E-state index < -0.39 is 0 Å². The van der Waals surface area contributed by atoms with Crippen molar-refractivity contribution in [2.75, 3.05) is 5.32 Å². The Morgan fingerprint density at radius 1 is 1.52 bits per heavy atom. The van der Waals surface area contributed by atoms with E-state index in [-0.39, 0.29) is 11.6 Å². The third-order valence-electron chi connectivity index (χ3n) is 4.81. The van der Waals surface area contributed by atoms with E-state index in [0.29, 0.717) is 34.7 Å². The van der Waals surface area contributed by atoms with Gasteiger partial charge in [0, 0.05) is 23.3 Å². The highest BCUT2D eigenvalue weighted by Crippen LogP contribution is 2.44. The van der Waals surface area contributed by atoms with Crippen LogP contribution in [0, 0.1) is 17.2 Å². The normalized spacial score (nSPS) is 18.7. The maximum atomic E-state index is 12.6. The summed E-state index contributed by atoms with van der Waals surface area (Å²) >= 11 is 1.50. The van der Waals surface area contributed by atoms with E-state index in [1.165, 1.54) is 16.2 Å². The zero-order valence-electron chi connectivity index (χ0n) is 15.1. The third-order valence-corrected chi connectivity index (χ3v) is 5.96. The van der Waals surface area contributed by atoms with Crippen LogP contribution >= 0.6 is 11.3 Å². The lowest BCUT2D eigenvalue weighted by atomic mass is 9.81. The number of hydrogen-bond acceptors (Lipinski definition) is 6. The number of carbonyl (C=O) groups is 1. The van der Waals surface area contributed by atoms with Gasteiger partial charge < -0.3 is 9.84 Å². The number of nitriles is 1. The van der Waals surface area contributed by atoms with Crippen molar-refractivity contribution in [3.8, 4) is 6.07 Å². The molecule has 2 atom stereocenters. The lowest BCUT2D eigenvalue weighted by molar-refractivity contribution is 0.101. The van der Waals surface area contributed by atoms with E-state index >= 15 is 0 Å². The third kappa shape index (κ3) is 3.38. The fourth-order valence-electron chi connectivity index (χ4n) is 3.70. The highest BCUT2D eigenvalue weighted by atomic mass is 32.1. The molecular formula is C19H19N5O2S. The summed E-state index contributed by atoms with van der Waals surface area (Å²) in [5, 5.41) is 21.0. The van der Waals surface area contributed by atoms with Crippen LogP contribution in [0.4, 0.5) is 5.00 Å². The van der Waals surface area contributed by atoms with Crippen LogP contribution in [0.5, 0.6) is 0 Å². The number of fused-ring (bicyclic) bond motifs is 1. The fourth-order valence-corrected chi connectivity index (χ4v) is 5.13. The van der Waals surface area contributed by atoms with Gasteiger partial charge in [0.2, 0.25) is 0 Å². The Kier molecular flexibility index (Phi) is 4.54. The van der Waals surface area contributed by atoms with Crippen LogP contribution in [0.15, 0.2) is 29.0 Å². The highest BCUT2D eigenvalue weighted by molar-refractivity contribution is 7.16. The second-order valence-corrected chi connectivity index (χ2v) is 8.14. The first-order valence-electron chi connectivity index (χ1n) is 8.85. The van der Waals surface area contributed by atoms with Crippen molar-refractivity contribution >= 4 is 22.2 Å². The molecule has 0 fully saturated rings. The molecule has 0 saturated heterocycles. The summed E-state index contributed by atoms with van der Waals surface area (Å²) in [5.74, 6) is 1.08. The van der Waals surface area contributed by atoms with E-state index in [1.54, 1.807) is 23.1 Å². The molecule has 0 saturated carbocycles. The van der Waals surface area contributed by atoms with Crippen molar-refractivity contribution in [1.29, 1.82) is 5.26 Å². The number of rotatable bonds is 4. The maximum Gasteiger partial charge on any atom is 0.278 e. The lowest BCUT2D eigenvalue weighted by Crippen LogP contribution is -2.14. The Balaban J connectivity index is 1.54. The Morgan fingerprint density at radius 3 is 3.11 bits per heavy atom. The summed E-state index contributed by atoms with van der Waals surface area (Å²) in [6.45, 7) is 4.77. The minimum Gasteiger partial charge on any atom is -0.359 e. The number of anilines is 1. The van der Waals surface area contributed by atoms with E-state index in [4.69, 9.17) is 4.52 Å². The molecule has 1 aliphatic rings. The van der Waals surface area contributed by atoms with Crippen molar-refractivity contribution in [3.63, 3.8) is 0 Å². The van der Waals surface area contributed by atoms with Crippen LogP contribution in [-0.4, -0.2) is 20.8 Å². The number of nitrogens with zero attached hydrogens (tertiary/aromatic N) is 4. The summed E-state index contributed by atoms with van der Waals surface area (Å²) in [5.41, 5.74) is 1.87. The predicted molar refractivity (Wildman–Crippen MR) is 101 cm³/mol. The Morgan fingerprint density at radius 2 is 2.37 bits per heavy atom. The van der Waals surface area contributed by atoms with Gasteiger partial charge in [-0.1, -0.05) is 19.0 Å². The number of nitrogens with one attached hydrogen (secondary N) is 1. The van der Waals surface area contributed by atoms with Crippen molar-refractivity contribution < 1.29 is 9.32 Å². The summed E-state index contributed by atoms with van der Waals surface area (Å²) in [4.78, 5) is 13.8. The van der Waals surface area contributed by atoms with E-state index in [2.05, 4.69) is 35.5 Å². The van der Waals surface area contributed by atoms with Crippen LogP contribution in [0.25, 0.3) is 0 Å². The van der Waals surface area contributed by atoms with E-state index in [0.717, 1.165) is 18.4 Å². The van der Waals surface area contributed by atoms with Crippen molar-refractivity contribution in [2.45, 2.75) is 39.2 Å². The molecule has 27 heavy (non-hydrogen) atoms. The molecule has 2 unspecified atom stereocenters. The molecule has 1 amide bonds. The summed E-state index contributed by atoms with van der Waals surface area (Å²) in [6, 6.07) is 5.69. The zero-order chi connectivity index (χ0) is 19.0. The number of carbonyl (C=O) groups excluding carboxylic acids is 1. The molecule has 7 nitrogen and oxygen atoms in total. The first kappa shape index (κ1) is 17.5. The van der Waals surface area contributed by atoms with Gasteiger partial charge in [0.25, 0.3) is 5.91 Å². The van der Waals surface area contributed by atoms with Gasteiger partial charge in [0.15, 0.2) is 11.5 Å². The molecule has 0 aliphatic heterocycles. The molecular weight excluding hydrogens is 362 g/mol. The van der Waals surface area contributed by atoms with Gasteiger partial charge in [-0.15, -0.1) is 11.3 Å². The molecule has 4 rings (SSSR count). The standard InChI is InChI=1S/C19H19N5O2S/c1-11-6-12(2)17-14(9-20)19(27-16(17)7-11)22-18(25)15-8-13(26-23-15)10-24-5-3-4-21-24/h3-5,8,11-12H,6-7,10H2,1-2H3,(H,22,25). The second-order valence-electron chi connectivity index (χ2n) is 7.04. The van der Waals surface area contributed by atoms with E-state index in [9.17, 15) is 10.1 Å². The van der Waals surface area contributed by atoms with Crippen LogP contribution in [0.1, 0.15) is 58.4 Å². The molecule has 8 heteroatoms. The van der Waals surface area contributed by atoms with Crippen LogP contribution in [0.3, 0.4) is 0 Å². The van der Waals surface area contributed by atoms with Crippen LogP contribution in [0.2, 0.25) is 0 Å². The maximum absolute atomic E-state index is 12.6. The minimum atomic E-state index is -0.374. The minimum absolute atomic E-state index is 0.189. The fraction of sp³-hybridized carbons (Fsp3) is 0.368. The number of aromatic nitrogens is 3. The zero-order valence-corrected chi connectivity index (χ0v) is 15.9. The molecule has 0 aromatic carbocycles. The topological polar surface area (TPSA) is 96.7 Å². The molecule has 1 N–H and O–H groups in total. The number of amides is 1. The average Bonchev–Trinajstić information content (AvgIpc) is 3.35. The second kappa shape index (κ2) is 7.00. The first-order chi connectivity index (χ1) is 13.0. The smallest absolute Gasteiger partial charge is 0.278 e. The molecule has 3 aromatic heterocycles. The molecule has 3 aromatic rings. The predicted octanol–water partition coefficient (Wildman–Crippen LogP) is 3.79. The molecule has 1 aliphatic carbocycles. The summed E-state index contributed by atoms with van der Waals surface area (Å²) in [7, 11) is 0. The Bertz CT molecular complexity index is 1010. The lowest BCUT2D eigenvalue weighted by Gasteiger charge is -2.24. The highest BCUT2D eigenvalue weighted by Gasteiger charge is 2.29. The van der Waals surface area contributed by atoms with Gasteiger partial charge in [-0.3, -0.25) is 9.48 Å². The van der Waals surface area contributed by atoms with Crippen molar-refractivity contribution in [2.24, 2.45) is 5.92 Å². The molecule has 138 valence electrons. The van der Waals surface area contributed by atoms with Crippen molar-refractivity contribution in [3.05, 3.63) is 52.0 Å². The van der Waals surface area contributed by atoms with Crippen molar-refractivity contribution in [1.82, 2.24) is 14.9 Å². The molecule has 0 radical (unpaired) electrons. The van der Waals surface area contributed by atoms with E-state index in [1.807, 2.05) is 6.07 Å². The van der Waals surface area contributed by atoms with Crippen LogP contribution < -0.4 is 5.32 Å². The molecule has 0 spiro atoms. The largest absolute Gasteiger partial charge is 0.359 e. The first-order valence-corrected chi connectivity index (χ1v) is 9.66. The molecule has 0 bridgehead atoms. The Hall–Kier alpha value is -2.92. The number of thiophene rings is 1. The monoisotopic (exact) mass is 381 g/mol. The van der Waals surface area contributed by atoms with Gasteiger partial charge in [0.1, 0.15) is 17.6 Å². The van der Waals surface area contributed by atoms with Gasteiger partial charge in [0.05, 0.1) is 5.56 Å². The SMILES string of the molecule is CC1Cc2sc(NC(=O)c3cc(Cn4cccn4)on3)c(C#N)c2C(C)C1. The average molecular weight is 381 g/mol. The quantitative estimate of drug-likeness (QED) is 0.741.